The molecule has 0 radical (unpaired) electrons. The topological polar surface area (TPSA) is 84.3 Å². The third-order valence-corrected chi connectivity index (χ3v) is 5.08. The first kappa shape index (κ1) is 20.6. The minimum Gasteiger partial charge on any atom is -0.494 e. The number of aromatic nitrogens is 1. The molecule has 1 amide bonds. The number of aromatic amines is 1. The third-order valence-electron chi connectivity index (χ3n) is 5.08. The zero-order valence-corrected chi connectivity index (χ0v) is 17.0. The van der Waals surface area contributed by atoms with E-state index in [1.165, 1.54) is 6.07 Å². The lowest BCUT2D eigenvalue weighted by Crippen LogP contribution is -2.27. The number of rotatable bonds is 6. The van der Waals surface area contributed by atoms with Crippen molar-refractivity contribution in [3.05, 3.63) is 75.3 Å². The molecule has 160 valence electrons. The molecule has 0 spiro atoms. The fraction of sp³-hybridized carbons (Fsp3) is 0.217. The molecule has 0 atom stereocenters. The second-order valence-electron chi connectivity index (χ2n) is 7.11. The van der Waals surface area contributed by atoms with Crippen LogP contribution in [-0.2, 0) is 6.42 Å². The first-order valence-corrected chi connectivity index (χ1v) is 9.82. The van der Waals surface area contributed by atoms with E-state index in [0.29, 0.717) is 40.8 Å². The molecule has 0 fully saturated rings. The zero-order valence-electron chi connectivity index (χ0n) is 17.0. The lowest BCUT2D eigenvalue weighted by molar-refractivity contribution is 0.0955. The highest BCUT2D eigenvalue weighted by atomic mass is 19.1. The van der Waals surface area contributed by atoms with E-state index in [-0.39, 0.29) is 23.2 Å². The van der Waals surface area contributed by atoms with Gasteiger partial charge in [0.05, 0.1) is 17.7 Å². The highest BCUT2D eigenvalue weighted by Crippen LogP contribution is 2.26. The molecule has 8 heteroatoms. The molecule has 6 nitrogen and oxygen atoms in total. The Hall–Kier alpha value is -3.68. The van der Waals surface area contributed by atoms with Crippen molar-refractivity contribution >= 4 is 27.8 Å². The normalized spacial score (nSPS) is 11.2. The molecular weight excluding hydrogens is 406 g/mol. The molecule has 31 heavy (non-hydrogen) atoms. The van der Waals surface area contributed by atoms with Crippen molar-refractivity contribution in [1.29, 1.82) is 0 Å². The summed E-state index contributed by atoms with van der Waals surface area (Å²) in [5.41, 5.74) is 1.43. The number of benzene rings is 2. The lowest BCUT2D eigenvalue weighted by atomic mass is 10.1. The molecule has 2 aromatic carbocycles. The van der Waals surface area contributed by atoms with Gasteiger partial charge in [0.25, 0.3) is 5.91 Å². The highest BCUT2D eigenvalue weighted by molar-refractivity contribution is 6.05. The smallest absolute Gasteiger partial charge is 0.337 e. The van der Waals surface area contributed by atoms with Gasteiger partial charge < -0.3 is 19.5 Å². The van der Waals surface area contributed by atoms with Gasteiger partial charge in [-0.2, -0.15) is 0 Å². The summed E-state index contributed by atoms with van der Waals surface area (Å²) in [4.78, 5) is 27.6. The molecule has 4 rings (SSSR count). The van der Waals surface area contributed by atoms with Crippen molar-refractivity contribution in [2.75, 3.05) is 13.2 Å². The van der Waals surface area contributed by atoms with E-state index in [9.17, 15) is 18.4 Å². The lowest BCUT2D eigenvalue weighted by Gasteiger charge is -2.09. The number of fused-ring (bicyclic) bond motifs is 2. The number of halogens is 2. The fourth-order valence-corrected chi connectivity index (χ4v) is 3.71. The van der Waals surface area contributed by atoms with Crippen molar-refractivity contribution in [1.82, 2.24) is 10.3 Å². The van der Waals surface area contributed by atoms with Crippen molar-refractivity contribution in [2.24, 2.45) is 0 Å². The number of nitrogens with one attached hydrogen (secondary N) is 2. The second kappa shape index (κ2) is 8.22. The summed E-state index contributed by atoms with van der Waals surface area (Å²) >= 11 is 0. The molecule has 0 unspecified atom stereocenters. The Labute approximate surface area is 175 Å². The number of amides is 1. The van der Waals surface area contributed by atoms with Crippen LogP contribution in [-0.4, -0.2) is 24.0 Å². The molecular formula is C23H20F2N2O4. The molecule has 0 saturated heterocycles. The van der Waals surface area contributed by atoms with Crippen LogP contribution in [0.4, 0.5) is 8.78 Å². The average Bonchev–Trinajstić information content (AvgIpc) is 3.03. The van der Waals surface area contributed by atoms with Crippen LogP contribution in [0, 0.1) is 18.6 Å². The Morgan fingerprint density at radius 2 is 1.97 bits per heavy atom. The summed E-state index contributed by atoms with van der Waals surface area (Å²) in [6.07, 6.45) is 0.355. The number of carbonyl (C=O) groups excluding carboxylic acids is 1. The standard InChI is InChI=1S/C23H20F2N2O4/c1-3-30-14-4-5-16-18(11-21(28)31-20(16)10-14)23(29)26-7-6-15-12(2)27-22-17(15)8-13(24)9-19(22)25/h4-5,8-11,27H,3,6-7H2,1-2H3,(H,26,29). The molecule has 2 heterocycles. The van der Waals surface area contributed by atoms with Crippen molar-refractivity contribution in [2.45, 2.75) is 20.3 Å². The Bertz CT molecular complexity index is 1360. The molecule has 2 N–H and O–H groups in total. The second-order valence-corrected chi connectivity index (χ2v) is 7.11. The summed E-state index contributed by atoms with van der Waals surface area (Å²) in [6, 6.07) is 8.15. The molecule has 2 aromatic heterocycles. The number of H-pyrrole nitrogens is 1. The predicted molar refractivity (Wildman–Crippen MR) is 113 cm³/mol. The van der Waals surface area contributed by atoms with Gasteiger partial charge in [-0.25, -0.2) is 13.6 Å². The Balaban J connectivity index is 1.56. The quantitative estimate of drug-likeness (QED) is 0.452. The van der Waals surface area contributed by atoms with Crippen LogP contribution < -0.4 is 15.7 Å². The SMILES string of the molecule is CCOc1ccc2c(C(=O)NCCc3c(C)[nH]c4c(F)cc(F)cc34)cc(=O)oc2c1. The van der Waals surface area contributed by atoms with Crippen LogP contribution in [0.2, 0.25) is 0 Å². The molecule has 0 aliphatic carbocycles. The average molecular weight is 426 g/mol. The van der Waals surface area contributed by atoms with Crippen molar-refractivity contribution < 1.29 is 22.7 Å². The van der Waals surface area contributed by atoms with Gasteiger partial charge in [0.1, 0.15) is 23.0 Å². The van der Waals surface area contributed by atoms with Gasteiger partial charge in [-0.15, -0.1) is 0 Å². The molecule has 0 bridgehead atoms. The maximum absolute atomic E-state index is 14.0. The number of carbonyl (C=O) groups is 1. The first-order valence-electron chi connectivity index (χ1n) is 9.82. The van der Waals surface area contributed by atoms with E-state index in [0.717, 1.165) is 12.1 Å². The zero-order chi connectivity index (χ0) is 22.1. The summed E-state index contributed by atoms with van der Waals surface area (Å²) in [6.45, 7) is 4.27. The number of aryl methyl sites for hydroxylation is 1. The van der Waals surface area contributed by atoms with E-state index >= 15 is 0 Å². The summed E-state index contributed by atoms with van der Waals surface area (Å²) < 4.78 is 38.2. The summed E-state index contributed by atoms with van der Waals surface area (Å²) in [5, 5.41) is 3.69. The third kappa shape index (κ3) is 4.01. The van der Waals surface area contributed by atoms with Crippen molar-refractivity contribution in [3.63, 3.8) is 0 Å². The van der Waals surface area contributed by atoms with Crippen LogP contribution in [0.15, 0.2) is 45.6 Å². The van der Waals surface area contributed by atoms with E-state index < -0.39 is 23.2 Å². The van der Waals surface area contributed by atoms with Gasteiger partial charge in [-0.1, -0.05) is 0 Å². The van der Waals surface area contributed by atoms with Crippen LogP contribution in [0.3, 0.4) is 0 Å². The minimum absolute atomic E-state index is 0.182. The van der Waals surface area contributed by atoms with Gasteiger partial charge in [0, 0.05) is 41.2 Å². The Morgan fingerprint density at radius 1 is 1.16 bits per heavy atom. The maximum Gasteiger partial charge on any atom is 0.337 e. The van der Waals surface area contributed by atoms with Gasteiger partial charge in [0.2, 0.25) is 0 Å². The highest BCUT2D eigenvalue weighted by Gasteiger charge is 2.16. The number of hydrogen-bond acceptors (Lipinski definition) is 4. The number of ether oxygens (including phenoxy) is 1. The van der Waals surface area contributed by atoms with Gasteiger partial charge in [0.15, 0.2) is 0 Å². The maximum atomic E-state index is 14.0. The van der Waals surface area contributed by atoms with Gasteiger partial charge >= 0.3 is 5.63 Å². The number of hydrogen-bond donors (Lipinski definition) is 2. The molecule has 0 saturated carbocycles. The fourth-order valence-electron chi connectivity index (χ4n) is 3.71. The molecule has 0 aliphatic heterocycles. The van der Waals surface area contributed by atoms with E-state index in [1.807, 2.05) is 6.92 Å². The Kier molecular flexibility index (Phi) is 5.46. The van der Waals surface area contributed by atoms with Crippen molar-refractivity contribution in [3.8, 4) is 5.75 Å². The van der Waals surface area contributed by atoms with Crippen LogP contribution in [0.25, 0.3) is 21.9 Å². The monoisotopic (exact) mass is 426 g/mol. The summed E-state index contributed by atoms with van der Waals surface area (Å²) in [7, 11) is 0. The van der Waals surface area contributed by atoms with E-state index in [1.54, 1.807) is 25.1 Å². The van der Waals surface area contributed by atoms with Crippen LogP contribution in [0.1, 0.15) is 28.5 Å². The van der Waals surface area contributed by atoms with Crippen LogP contribution >= 0.6 is 0 Å². The van der Waals surface area contributed by atoms with Gasteiger partial charge in [-0.3, -0.25) is 4.79 Å². The first-order chi connectivity index (χ1) is 14.9. The van der Waals surface area contributed by atoms with E-state index in [4.69, 9.17) is 9.15 Å². The minimum atomic E-state index is -0.665. The van der Waals surface area contributed by atoms with E-state index in [2.05, 4.69) is 10.3 Å². The Morgan fingerprint density at radius 3 is 2.74 bits per heavy atom. The molecule has 0 aliphatic rings. The van der Waals surface area contributed by atoms with Gasteiger partial charge in [-0.05, 0) is 44.0 Å². The predicted octanol–water partition coefficient (Wildman–Crippen LogP) is 4.23. The summed E-state index contributed by atoms with van der Waals surface area (Å²) in [5.74, 6) is -1.24. The van der Waals surface area contributed by atoms with Crippen LogP contribution in [0.5, 0.6) is 5.75 Å². The molecule has 4 aromatic rings. The largest absolute Gasteiger partial charge is 0.494 e.